The number of carbonyl (C=O) groups is 1. The molecule has 1 heterocycles. The molecule has 5 rings (SSSR count). The molecule has 1 aromatic heterocycles. The lowest BCUT2D eigenvalue weighted by molar-refractivity contribution is 0.0951. The summed E-state index contributed by atoms with van der Waals surface area (Å²) in [4.78, 5) is 12.8. The third kappa shape index (κ3) is 4.51. The zero-order valence-corrected chi connectivity index (χ0v) is 18.0. The Morgan fingerprint density at radius 2 is 2.00 bits per heavy atom. The summed E-state index contributed by atoms with van der Waals surface area (Å²) >= 11 is 0. The lowest BCUT2D eigenvalue weighted by Gasteiger charge is -2.09. The maximum absolute atomic E-state index is 12.8. The van der Waals surface area contributed by atoms with Crippen LogP contribution < -0.4 is 15.8 Å². The van der Waals surface area contributed by atoms with E-state index in [9.17, 15) is 10.1 Å². The second kappa shape index (κ2) is 8.67. The third-order valence-corrected chi connectivity index (χ3v) is 5.74. The first-order valence-electron chi connectivity index (χ1n) is 10.9. The van der Waals surface area contributed by atoms with Crippen LogP contribution in [0, 0.1) is 17.2 Å². The SMILES string of the molecule is N#Cc1cc2[nH]nc(-c3cc(N)cc(C(=O)NCc4ccccc4)c3)c2cc1OCC1CC1. The molecule has 164 valence electrons. The molecule has 0 unspecified atom stereocenters. The Bertz CT molecular complexity index is 1370. The maximum atomic E-state index is 12.8. The Balaban J connectivity index is 1.45. The number of rotatable bonds is 7. The highest BCUT2D eigenvalue weighted by Gasteiger charge is 2.23. The molecule has 0 aliphatic heterocycles. The van der Waals surface area contributed by atoms with E-state index < -0.39 is 0 Å². The normalized spacial score (nSPS) is 12.9. The van der Waals surface area contributed by atoms with Gasteiger partial charge in [0, 0.05) is 28.7 Å². The van der Waals surface area contributed by atoms with E-state index in [2.05, 4.69) is 21.6 Å². The number of benzene rings is 3. The average molecular weight is 438 g/mol. The molecule has 0 atom stereocenters. The highest BCUT2D eigenvalue weighted by molar-refractivity contribution is 5.99. The predicted molar refractivity (Wildman–Crippen MR) is 126 cm³/mol. The van der Waals surface area contributed by atoms with Crippen molar-refractivity contribution in [2.75, 3.05) is 12.3 Å². The Kier molecular flexibility index (Phi) is 5.41. The molecule has 1 fully saturated rings. The van der Waals surface area contributed by atoms with E-state index in [1.54, 1.807) is 24.3 Å². The molecule has 0 bridgehead atoms. The van der Waals surface area contributed by atoms with Crippen molar-refractivity contribution >= 4 is 22.5 Å². The number of nitrogens with zero attached hydrogens (tertiary/aromatic N) is 2. The summed E-state index contributed by atoms with van der Waals surface area (Å²) in [5.41, 5.74) is 10.6. The number of hydrogen-bond acceptors (Lipinski definition) is 5. The standard InChI is InChI=1S/C26H23N5O2/c27-13-20-11-23-22(12-24(20)33-15-17-6-7-17)25(31-30-23)18-8-19(10-21(28)9-18)26(32)29-14-16-4-2-1-3-5-16/h1-5,8-12,17H,6-7,14-15,28H2,(H,29,32)(H,30,31). The van der Waals surface area contributed by atoms with Gasteiger partial charge in [-0.05, 0) is 54.7 Å². The van der Waals surface area contributed by atoms with E-state index in [1.165, 1.54) is 12.8 Å². The van der Waals surface area contributed by atoms with Crippen LogP contribution in [0.25, 0.3) is 22.2 Å². The highest BCUT2D eigenvalue weighted by atomic mass is 16.5. The van der Waals surface area contributed by atoms with E-state index in [1.807, 2.05) is 36.4 Å². The number of nitrogens with one attached hydrogen (secondary N) is 2. The molecule has 7 nitrogen and oxygen atoms in total. The van der Waals surface area contributed by atoms with Crippen LogP contribution in [0.1, 0.15) is 34.3 Å². The third-order valence-electron chi connectivity index (χ3n) is 5.74. The lowest BCUT2D eigenvalue weighted by Crippen LogP contribution is -2.22. The minimum absolute atomic E-state index is 0.215. The van der Waals surface area contributed by atoms with Crippen LogP contribution in [0.2, 0.25) is 0 Å². The number of hydrogen-bond donors (Lipinski definition) is 3. The van der Waals surface area contributed by atoms with Gasteiger partial charge in [0.1, 0.15) is 17.5 Å². The predicted octanol–water partition coefficient (Wildman–Crippen LogP) is 4.40. The maximum Gasteiger partial charge on any atom is 0.251 e. The molecule has 4 aromatic rings. The van der Waals surface area contributed by atoms with Gasteiger partial charge >= 0.3 is 0 Å². The van der Waals surface area contributed by atoms with Gasteiger partial charge < -0.3 is 15.8 Å². The Morgan fingerprint density at radius 3 is 2.76 bits per heavy atom. The Labute approximate surface area is 191 Å². The summed E-state index contributed by atoms with van der Waals surface area (Å²) in [5, 5.41) is 20.7. The van der Waals surface area contributed by atoms with Gasteiger partial charge in [-0.1, -0.05) is 30.3 Å². The first kappa shape index (κ1) is 20.6. The van der Waals surface area contributed by atoms with Gasteiger partial charge in [0.15, 0.2) is 0 Å². The molecule has 0 spiro atoms. The van der Waals surface area contributed by atoms with E-state index in [0.717, 1.165) is 16.5 Å². The molecule has 0 radical (unpaired) electrons. The number of nitrogens with two attached hydrogens (primary N) is 1. The summed E-state index contributed by atoms with van der Waals surface area (Å²) in [6.07, 6.45) is 2.33. The van der Waals surface area contributed by atoms with Crippen LogP contribution >= 0.6 is 0 Å². The van der Waals surface area contributed by atoms with Crippen molar-refractivity contribution in [1.29, 1.82) is 5.26 Å². The van der Waals surface area contributed by atoms with Crippen molar-refractivity contribution in [2.24, 2.45) is 5.92 Å². The van der Waals surface area contributed by atoms with E-state index in [0.29, 0.717) is 52.9 Å². The van der Waals surface area contributed by atoms with Gasteiger partial charge in [-0.3, -0.25) is 9.89 Å². The van der Waals surface area contributed by atoms with Gasteiger partial charge in [-0.2, -0.15) is 10.4 Å². The molecule has 33 heavy (non-hydrogen) atoms. The monoisotopic (exact) mass is 437 g/mol. The minimum Gasteiger partial charge on any atom is -0.492 e. The molecule has 1 aliphatic rings. The van der Waals surface area contributed by atoms with E-state index in [4.69, 9.17) is 10.5 Å². The number of aromatic amines is 1. The number of nitrogen functional groups attached to an aromatic ring is 1. The zero-order valence-electron chi connectivity index (χ0n) is 18.0. The number of fused-ring (bicyclic) bond motifs is 1. The highest BCUT2D eigenvalue weighted by Crippen LogP contribution is 2.35. The molecule has 0 saturated heterocycles. The fraction of sp³-hybridized carbons (Fsp3) is 0.192. The van der Waals surface area contributed by atoms with Crippen LogP contribution in [0.4, 0.5) is 5.69 Å². The summed E-state index contributed by atoms with van der Waals surface area (Å²) in [5.74, 6) is 0.902. The van der Waals surface area contributed by atoms with Gasteiger partial charge in [0.2, 0.25) is 0 Å². The zero-order chi connectivity index (χ0) is 22.8. The van der Waals surface area contributed by atoms with Crippen molar-refractivity contribution in [3.8, 4) is 23.1 Å². The first-order valence-corrected chi connectivity index (χ1v) is 10.9. The van der Waals surface area contributed by atoms with Crippen molar-refractivity contribution in [3.63, 3.8) is 0 Å². The van der Waals surface area contributed by atoms with Gasteiger partial charge in [0.05, 0.1) is 17.7 Å². The number of H-pyrrole nitrogens is 1. The number of amides is 1. The molecular formula is C26H23N5O2. The van der Waals surface area contributed by atoms with Crippen LogP contribution in [-0.4, -0.2) is 22.7 Å². The van der Waals surface area contributed by atoms with Crippen molar-refractivity contribution in [2.45, 2.75) is 19.4 Å². The fourth-order valence-electron chi connectivity index (χ4n) is 3.76. The van der Waals surface area contributed by atoms with Crippen LogP contribution in [0.15, 0.2) is 60.7 Å². The van der Waals surface area contributed by atoms with Crippen LogP contribution in [-0.2, 0) is 6.54 Å². The Morgan fingerprint density at radius 1 is 1.18 bits per heavy atom. The molecule has 3 aromatic carbocycles. The fourth-order valence-corrected chi connectivity index (χ4v) is 3.76. The molecule has 4 N–H and O–H groups in total. The first-order chi connectivity index (χ1) is 16.1. The van der Waals surface area contributed by atoms with E-state index in [-0.39, 0.29) is 5.91 Å². The van der Waals surface area contributed by atoms with Crippen molar-refractivity contribution < 1.29 is 9.53 Å². The summed E-state index contributed by atoms with van der Waals surface area (Å²) in [6, 6.07) is 20.7. The van der Waals surface area contributed by atoms with Gasteiger partial charge in [0.25, 0.3) is 5.91 Å². The summed E-state index contributed by atoms with van der Waals surface area (Å²) < 4.78 is 5.93. The Hall–Kier alpha value is -4.31. The number of nitriles is 1. The van der Waals surface area contributed by atoms with Crippen molar-refractivity contribution in [3.05, 3.63) is 77.4 Å². The number of aromatic nitrogens is 2. The summed E-state index contributed by atoms with van der Waals surface area (Å²) in [6.45, 7) is 1.03. The van der Waals surface area contributed by atoms with E-state index >= 15 is 0 Å². The number of anilines is 1. The van der Waals surface area contributed by atoms with Crippen LogP contribution in [0.5, 0.6) is 5.75 Å². The topological polar surface area (TPSA) is 117 Å². The minimum atomic E-state index is -0.215. The molecular weight excluding hydrogens is 414 g/mol. The average Bonchev–Trinajstić information content (AvgIpc) is 3.58. The molecule has 1 aliphatic carbocycles. The van der Waals surface area contributed by atoms with Crippen LogP contribution in [0.3, 0.4) is 0 Å². The second-order valence-corrected chi connectivity index (χ2v) is 8.34. The van der Waals surface area contributed by atoms with Gasteiger partial charge in [-0.25, -0.2) is 0 Å². The van der Waals surface area contributed by atoms with Crippen molar-refractivity contribution in [1.82, 2.24) is 15.5 Å². The second-order valence-electron chi connectivity index (χ2n) is 8.34. The smallest absolute Gasteiger partial charge is 0.251 e. The van der Waals surface area contributed by atoms with Gasteiger partial charge in [-0.15, -0.1) is 0 Å². The largest absolute Gasteiger partial charge is 0.492 e. The molecule has 7 heteroatoms. The molecule has 1 saturated carbocycles. The number of ether oxygens (including phenoxy) is 1. The number of carbonyl (C=O) groups excluding carboxylic acids is 1. The molecule has 1 amide bonds. The lowest BCUT2D eigenvalue weighted by atomic mass is 10.0. The quantitative estimate of drug-likeness (QED) is 0.371. The summed E-state index contributed by atoms with van der Waals surface area (Å²) in [7, 11) is 0.